The Hall–Kier alpha value is -1.03. The van der Waals surface area contributed by atoms with Crippen LogP contribution in [-0.4, -0.2) is 20.4 Å². The molecule has 2 aromatic rings. The minimum absolute atomic E-state index is 0.918. The Bertz CT molecular complexity index is 396. The second-order valence-corrected chi connectivity index (χ2v) is 3.82. The Morgan fingerprint density at radius 1 is 1.38 bits per heavy atom. The number of nitrogens with zero attached hydrogens (tertiary/aromatic N) is 3. The summed E-state index contributed by atoms with van der Waals surface area (Å²) in [7, 11) is 0. The van der Waals surface area contributed by atoms with Crippen LogP contribution in [0.25, 0.3) is 5.65 Å². The molecule has 0 saturated carbocycles. The van der Waals surface area contributed by atoms with Crippen molar-refractivity contribution in [3.8, 4) is 0 Å². The van der Waals surface area contributed by atoms with Gasteiger partial charge in [0.2, 0.25) is 0 Å². The van der Waals surface area contributed by atoms with Gasteiger partial charge in [0.05, 0.1) is 0 Å². The van der Waals surface area contributed by atoms with Crippen molar-refractivity contribution in [1.29, 1.82) is 0 Å². The maximum atomic E-state index is 4.11. The van der Waals surface area contributed by atoms with E-state index in [1.807, 2.05) is 28.8 Å². The number of fused-ring (bicyclic) bond motifs is 1. The average Bonchev–Trinajstić information content (AvgIpc) is 2.58. The highest BCUT2D eigenvalue weighted by Crippen LogP contribution is 2.16. The van der Waals surface area contributed by atoms with Crippen LogP contribution < -0.4 is 0 Å². The molecule has 0 fully saturated rings. The van der Waals surface area contributed by atoms with E-state index in [-0.39, 0.29) is 0 Å². The molecule has 0 saturated heterocycles. The lowest BCUT2D eigenvalue weighted by Gasteiger charge is -1.96. The van der Waals surface area contributed by atoms with E-state index in [4.69, 9.17) is 0 Å². The monoisotopic (exact) mass is 193 g/mol. The zero-order valence-corrected chi connectivity index (χ0v) is 8.29. The second-order valence-electron chi connectivity index (χ2n) is 2.76. The SMILES string of the molecule is CCCSc1nnc2ccccn12. The summed E-state index contributed by atoms with van der Waals surface area (Å²) in [6.45, 7) is 2.16. The molecule has 0 spiro atoms. The lowest BCUT2D eigenvalue weighted by Crippen LogP contribution is -1.86. The third-order valence-electron chi connectivity index (χ3n) is 1.72. The van der Waals surface area contributed by atoms with Crippen LogP contribution in [0.5, 0.6) is 0 Å². The molecule has 0 atom stereocenters. The lowest BCUT2D eigenvalue weighted by atomic mass is 10.5. The van der Waals surface area contributed by atoms with Gasteiger partial charge in [-0.05, 0) is 18.6 Å². The first-order valence-corrected chi connectivity index (χ1v) is 5.33. The van der Waals surface area contributed by atoms with Crippen LogP contribution in [0, 0.1) is 0 Å². The molecule has 3 nitrogen and oxygen atoms in total. The minimum Gasteiger partial charge on any atom is -0.277 e. The fourth-order valence-corrected chi connectivity index (χ4v) is 1.89. The van der Waals surface area contributed by atoms with Gasteiger partial charge in [-0.15, -0.1) is 10.2 Å². The van der Waals surface area contributed by atoms with Gasteiger partial charge in [-0.25, -0.2) is 0 Å². The first kappa shape index (κ1) is 8.56. The van der Waals surface area contributed by atoms with Gasteiger partial charge in [0.25, 0.3) is 0 Å². The molecule has 0 radical (unpaired) electrons. The lowest BCUT2D eigenvalue weighted by molar-refractivity contribution is 0.918. The van der Waals surface area contributed by atoms with Crippen molar-refractivity contribution >= 4 is 17.4 Å². The molecular formula is C9H11N3S. The largest absolute Gasteiger partial charge is 0.277 e. The summed E-state index contributed by atoms with van der Waals surface area (Å²) in [4.78, 5) is 0. The first-order valence-electron chi connectivity index (χ1n) is 4.34. The summed E-state index contributed by atoms with van der Waals surface area (Å²) in [5, 5.41) is 9.16. The molecule has 0 bridgehead atoms. The van der Waals surface area contributed by atoms with Crippen molar-refractivity contribution in [3.05, 3.63) is 24.4 Å². The van der Waals surface area contributed by atoms with Crippen LogP contribution in [-0.2, 0) is 0 Å². The normalized spacial score (nSPS) is 10.8. The maximum Gasteiger partial charge on any atom is 0.195 e. The molecular weight excluding hydrogens is 182 g/mol. The molecule has 2 heterocycles. The Labute approximate surface area is 81.2 Å². The summed E-state index contributed by atoms with van der Waals surface area (Å²) in [6, 6.07) is 5.92. The number of rotatable bonds is 3. The molecule has 0 N–H and O–H groups in total. The number of pyridine rings is 1. The number of hydrogen-bond acceptors (Lipinski definition) is 3. The van der Waals surface area contributed by atoms with Gasteiger partial charge in [-0.3, -0.25) is 4.40 Å². The van der Waals surface area contributed by atoms with E-state index in [0.717, 1.165) is 23.0 Å². The summed E-state index contributed by atoms with van der Waals surface area (Å²) in [6.07, 6.45) is 3.15. The molecule has 0 aromatic carbocycles. The standard InChI is InChI=1S/C9H11N3S/c1-2-7-13-9-11-10-8-5-3-4-6-12(8)9/h3-6H,2,7H2,1H3. The number of hydrogen-bond donors (Lipinski definition) is 0. The van der Waals surface area contributed by atoms with Gasteiger partial charge in [-0.1, -0.05) is 24.8 Å². The molecule has 68 valence electrons. The highest BCUT2D eigenvalue weighted by atomic mass is 32.2. The summed E-state index contributed by atoms with van der Waals surface area (Å²) in [5.74, 6) is 1.09. The zero-order valence-electron chi connectivity index (χ0n) is 7.47. The van der Waals surface area contributed by atoms with E-state index in [0.29, 0.717) is 0 Å². The van der Waals surface area contributed by atoms with E-state index in [1.165, 1.54) is 0 Å². The average molecular weight is 193 g/mol. The predicted molar refractivity (Wildman–Crippen MR) is 54.0 cm³/mol. The molecule has 0 aliphatic rings. The van der Waals surface area contributed by atoms with Gasteiger partial charge in [0.15, 0.2) is 10.8 Å². The van der Waals surface area contributed by atoms with Crippen LogP contribution in [0.3, 0.4) is 0 Å². The predicted octanol–water partition coefficient (Wildman–Crippen LogP) is 2.23. The Morgan fingerprint density at radius 3 is 3.15 bits per heavy atom. The van der Waals surface area contributed by atoms with Crippen molar-refractivity contribution in [1.82, 2.24) is 14.6 Å². The van der Waals surface area contributed by atoms with Crippen LogP contribution >= 0.6 is 11.8 Å². The topological polar surface area (TPSA) is 30.2 Å². The van der Waals surface area contributed by atoms with Crippen molar-refractivity contribution in [3.63, 3.8) is 0 Å². The highest BCUT2D eigenvalue weighted by Gasteiger charge is 2.02. The smallest absolute Gasteiger partial charge is 0.195 e. The minimum atomic E-state index is 0.918. The molecule has 13 heavy (non-hydrogen) atoms. The van der Waals surface area contributed by atoms with Crippen LogP contribution in [0.15, 0.2) is 29.6 Å². The van der Waals surface area contributed by atoms with Crippen molar-refractivity contribution in [2.45, 2.75) is 18.5 Å². The molecule has 0 aliphatic carbocycles. The Balaban J connectivity index is 2.35. The molecule has 2 aromatic heterocycles. The van der Waals surface area contributed by atoms with Gasteiger partial charge in [0, 0.05) is 11.9 Å². The van der Waals surface area contributed by atoms with E-state index in [9.17, 15) is 0 Å². The van der Waals surface area contributed by atoms with Gasteiger partial charge in [0.1, 0.15) is 0 Å². The van der Waals surface area contributed by atoms with Crippen molar-refractivity contribution < 1.29 is 0 Å². The first-order chi connectivity index (χ1) is 6.42. The fraction of sp³-hybridized carbons (Fsp3) is 0.333. The molecule has 2 rings (SSSR count). The third kappa shape index (κ3) is 1.67. The van der Waals surface area contributed by atoms with E-state index in [2.05, 4.69) is 17.1 Å². The number of thioether (sulfide) groups is 1. The highest BCUT2D eigenvalue weighted by molar-refractivity contribution is 7.99. The van der Waals surface area contributed by atoms with Gasteiger partial charge < -0.3 is 0 Å². The van der Waals surface area contributed by atoms with Gasteiger partial charge in [-0.2, -0.15) is 0 Å². The number of aromatic nitrogens is 3. The van der Waals surface area contributed by atoms with E-state index >= 15 is 0 Å². The molecule has 0 aliphatic heterocycles. The summed E-state index contributed by atoms with van der Waals surface area (Å²) in [5.41, 5.74) is 0.918. The van der Waals surface area contributed by atoms with E-state index < -0.39 is 0 Å². The zero-order chi connectivity index (χ0) is 9.10. The molecule has 4 heteroatoms. The van der Waals surface area contributed by atoms with Crippen molar-refractivity contribution in [2.75, 3.05) is 5.75 Å². The van der Waals surface area contributed by atoms with Crippen molar-refractivity contribution in [2.24, 2.45) is 0 Å². The fourth-order valence-electron chi connectivity index (χ4n) is 1.11. The summed E-state index contributed by atoms with van der Waals surface area (Å²) < 4.78 is 2.01. The van der Waals surface area contributed by atoms with Crippen LogP contribution in [0.1, 0.15) is 13.3 Å². The Morgan fingerprint density at radius 2 is 2.31 bits per heavy atom. The second kappa shape index (κ2) is 3.79. The van der Waals surface area contributed by atoms with Gasteiger partial charge >= 0.3 is 0 Å². The quantitative estimate of drug-likeness (QED) is 0.700. The Kier molecular flexibility index (Phi) is 2.49. The van der Waals surface area contributed by atoms with E-state index in [1.54, 1.807) is 11.8 Å². The van der Waals surface area contributed by atoms with Crippen LogP contribution in [0.4, 0.5) is 0 Å². The molecule has 0 amide bonds. The maximum absolute atomic E-state index is 4.11. The molecule has 0 unspecified atom stereocenters. The third-order valence-corrected chi connectivity index (χ3v) is 2.87. The van der Waals surface area contributed by atoms with Crippen LogP contribution in [0.2, 0.25) is 0 Å². The summed E-state index contributed by atoms with van der Waals surface area (Å²) >= 11 is 1.75.